The zero-order chi connectivity index (χ0) is 29.2. The zero-order valence-electron chi connectivity index (χ0n) is 23.7. The van der Waals surface area contributed by atoms with E-state index in [4.69, 9.17) is 0 Å². The molecule has 0 saturated carbocycles. The van der Waals surface area contributed by atoms with Gasteiger partial charge in [0, 0.05) is 34.8 Å². The smallest absolute Gasteiger partial charge is 0.206 e. The molecule has 0 unspecified atom stereocenters. The van der Waals surface area contributed by atoms with Gasteiger partial charge in [0.15, 0.2) is 17.2 Å². The van der Waals surface area contributed by atoms with Gasteiger partial charge in [0.05, 0.1) is 11.1 Å². The van der Waals surface area contributed by atoms with E-state index in [0.29, 0.717) is 29.5 Å². The van der Waals surface area contributed by atoms with Crippen molar-refractivity contribution in [2.75, 3.05) is 0 Å². The van der Waals surface area contributed by atoms with Crippen molar-refractivity contribution in [3.63, 3.8) is 0 Å². The molecule has 7 nitrogen and oxygen atoms in total. The molecule has 0 aromatic heterocycles. The number of carbonyl (C=O) groups is 4. The average molecular weight is 535 g/mol. The number of phenols is 1. The second kappa shape index (κ2) is 9.40. The quantitative estimate of drug-likeness (QED) is 0.325. The highest BCUT2D eigenvalue weighted by atomic mass is 16.3. The van der Waals surface area contributed by atoms with Gasteiger partial charge in [-0.25, -0.2) is 0 Å². The number of phenolic OH excluding ortho intramolecular Hbond substituents is 1. The van der Waals surface area contributed by atoms with E-state index in [9.17, 15) is 34.5 Å². The normalized spacial score (nSPS) is 28.3. The number of aliphatic hydroxyl groups excluding tert-OH is 1. The molecule has 0 spiro atoms. The van der Waals surface area contributed by atoms with Gasteiger partial charge in [-0.15, -0.1) is 6.58 Å². The molecule has 0 bridgehead atoms. The Morgan fingerprint density at radius 3 is 2.36 bits per heavy atom. The second-order valence-corrected chi connectivity index (χ2v) is 12.5. The molecular formula is C32H38O7. The summed E-state index contributed by atoms with van der Waals surface area (Å²) in [5, 5.41) is 34.8. The van der Waals surface area contributed by atoms with Crippen molar-refractivity contribution >= 4 is 23.1 Å². The molecular weight excluding hydrogens is 496 g/mol. The fourth-order valence-electron chi connectivity index (χ4n) is 7.40. The standard InChI is InChI=1S/C32H38O7/c1-8-9-10-20(34)11-19-12-21(16(2)3)22-14-30(6)15-31(7)13-17(4)23(18(5)33)28(37)32(31,39)29(38)25(30)27(36)24(22)26(19)35/h8,12,16,35,38-39H,1,9-11,13-15H2,2-7H3/t30-,31+,32+/m1/s1. The number of hydrogen-bond donors (Lipinski definition) is 3. The Kier molecular flexibility index (Phi) is 6.92. The summed E-state index contributed by atoms with van der Waals surface area (Å²) >= 11 is 0. The molecule has 7 heteroatoms. The van der Waals surface area contributed by atoms with Crippen molar-refractivity contribution in [3.8, 4) is 5.75 Å². The van der Waals surface area contributed by atoms with Crippen molar-refractivity contribution in [3.05, 3.63) is 63.5 Å². The molecule has 3 atom stereocenters. The molecule has 0 heterocycles. The minimum Gasteiger partial charge on any atom is -0.508 e. The van der Waals surface area contributed by atoms with Gasteiger partial charge in [-0.3, -0.25) is 19.2 Å². The molecule has 0 saturated heterocycles. The number of carbonyl (C=O) groups excluding carboxylic acids is 4. The van der Waals surface area contributed by atoms with Crippen LogP contribution in [-0.2, 0) is 27.2 Å². The first-order valence-corrected chi connectivity index (χ1v) is 13.5. The molecule has 4 rings (SSSR count). The fourth-order valence-corrected chi connectivity index (χ4v) is 7.40. The van der Waals surface area contributed by atoms with Crippen LogP contribution in [0.3, 0.4) is 0 Å². The number of Topliss-reactive ketones (excluding diaryl/α,β-unsaturated/α-hetero) is 4. The highest BCUT2D eigenvalue weighted by Crippen LogP contribution is 2.62. The van der Waals surface area contributed by atoms with E-state index in [1.807, 2.05) is 20.8 Å². The zero-order valence-corrected chi connectivity index (χ0v) is 23.7. The van der Waals surface area contributed by atoms with Crippen molar-refractivity contribution < 1.29 is 34.5 Å². The number of hydrogen-bond acceptors (Lipinski definition) is 7. The van der Waals surface area contributed by atoms with Crippen LogP contribution in [0.25, 0.3) is 0 Å². The van der Waals surface area contributed by atoms with Gasteiger partial charge in [0.1, 0.15) is 17.3 Å². The summed E-state index contributed by atoms with van der Waals surface area (Å²) in [5.74, 6) is -3.27. The number of ketones is 4. The maximum atomic E-state index is 14.2. The predicted octanol–water partition coefficient (Wildman–Crippen LogP) is 5.17. The van der Waals surface area contributed by atoms with E-state index in [1.165, 1.54) is 6.92 Å². The number of aromatic hydroxyl groups is 1. The SMILES string of the molecule is C=CCCC(=O)Cc1cc(C(C)C)c2c(c1O)C(=O)C1=C(O)[C@@]3(O)C(=O)C(C(C)=O)=C(C)C[C@@]3(C)C[C@@]1(C)C2. The van der Waals surface area contributed by atoms with Gasteiger partial charge in [-0.1, -0.05) is 45.4 Å². The maximum absolute atomic E-state index is 14.2. The predicted molar refractivity (Wildman–Crippen MR) is 147 cm³/mol. The molecule has 3 aliphatic rings. The molecule has 39 heavy (non-hydrogen) atoms. The number of allylic oxidation sites excluding steroid dienone is 3. The molecule has 0 radical (unpaired) electrons. The topological polar surface area (TPSA) is 129 Å². The number of fused-ring (bicyclic) bond motifs is 3. The first kappa shape index (κ1) is 28.7. The van der Waals surface area contributed by atoms with E-state index in [2.05, 4.69) is 6.58 Å². The van der Waals surface area contributed by atoms with E-state index >= 15 is 0 Å². The Hall–Kier alpha value is -3.32. The highest BCUT2D eigenvalue weighted by molar-refractivity contribution is 6.25. The summed E-state index contributed by atoms with van der Waals surface area (Å²) in [6.07, 6.45) is 3.04. The molecule has 208 valence electrons. The van der Waals surface area contributed by atoms with E-state index in [1.54, 1.807) is 26.0 Å². The van der Waals surface area contributed by atoms with E-state index in [-0.39, 0.29) is 59.8 Å². The Morgan fingerprint density at radius 1 is 1.15 bits per heavy atom. The largest absolute Gasteiger partial charge is 0.508 e. The monoisotopic (exact) mass is 534 g/mol. The minimum atomic E-state index is -2.45. The number of benzene rings is 1. The fraction of sp³-hybridized carbons (Fsp3) is 0.500. The van der Waals surface area contributed by atoms with Crippen molar-refractivity contribution in [2.24, 2.45) is 10.8 Å². The van der Waals surface area contributed by atoms with Crippen LogP contribution in [0.15, 0.2) is 41.2 Å². The molecule has 0 aliphatic heterocycles. The third-order valence-electron chi connectivity index (χ3n) is 9.01. The third-order valence-corrected chi connectivity index (χ3v) is 9.01. The van der Waals surface area contributed by atoms with Gasteiger partial charge in [0.2, 0.25) is 5.78 Å². The highest BCUT2D eigenvalue weighted by Gasteiger charge is 2.67. The first-order chi connectivity index (χ1) is 18.0. The van der Waals surface area contributed by atoms with Crippen molar-refractivity contribution in [2.45, 2.75) is 91.6 Å². The summed E-state index contributed by atoms with van der Waals surface area (Å²) in [6.45, 7) is 14.1. The summed E-state index contributed by atoms with van der Waals surface area (Å²) in [7, 11) is 0. The van der Waals surface area contributed by atoms with Crippen LogP contribution in [0.2, 0.25) is 0 Å². The average Bonchev–Trinajstić information content (AvgIpc) is 2.81. The lowest BCUT2D eigenvalue weighted by atomic mass is 9.47. The lowest BCUT2D eigenvalue weighted by Crippen LogP contribution is -2.63. The molecule has 1 aromatic carbocycles. The van der Waals surface area contributed by atoms with E-state index in [0.717, 1.165) is 5.56 Å². The van der Waals surface area contributed by atoms with Crippen molar-refractivity contribution in [1.82, 2.24) is 0 Å². The first-order valence-electron chi connectivity index (χ1n) is 13.5. The van der Waals surface area contributed by atoms with Crippen LogP contribution in [0.1, 0.15) is 100 Å². The van der Waals surface area contributed by atoms with Gasteiger partial charge < -0.3 is 15.3 Å². The lowest BCUT2D eigenvalue weighted by molar-refractivity contribution is -0.157. The summed E-state index contributed by atoms with van der Waals surface area (Å²) in [5.41, 5.74) is -2.46. The third kappa shape index (κ3) is 4.05. The van der Waals surface area contributed by atoms with E-state index < -0.39 is 39.5 Å². The Bertz CT molecular complexity index is 1410. The van der Waals surface area contributed by atoms with Crippen LogP contribution in [0, 0.1) is 10.8 Å². The Morgan fingerprint density at radius 2 is 1.79 bits per heavy atom. The van der Waals surface area contributed by atoms with Gasteiger partial charge in [0.25, 0.3) is 0 Å². The minimum absolute atomic E-state index is 0.000668. The number of aliphatic hydroxyl groups is 2. The molecule has 3 aliphatic carbocycles. The summed E-state index contributed by atoms with van der Waals surface area (Å²) in [4.78, 5) is 52.7. The second-order valence-electron chi connectivity index (χ2n) is 12.5. The van der Waals surface area contributed by atoms with Crippen LogP contribution >= 0.6 is 0 Å². The van der Waals surface area contributed by atoms with Crippen molar-refractivity contribution in [1.29, 1.82) is 0 Å². The van der Waals surface area contributed by atoms with Crippen LogP contribution in [0.5, 0.6) is 5.75 Å². The van der Waals surface area contributed by atoms with Gasteiger partial charge in [-0.05, 0) is 56.6 Å². The molecule has 0 fully saturated rings. The van der Waals surface area contributed by atoms with Gasteiger partial charge >= 0.3 is 0 Å². The Balaban J connectivity index is 1.96. The van der Waals surface area contributed by atoms with Crippen LogP contribution < -0.4 is 0 Å². The summed E-state index contributed by atoms with van der Waals surface area (Å²) in [6, 6.07) is 1.80. The summed E-state index contributed by atoms with van der Waals surface area (Å²) < 4.78 is 0. The van der Waals surface area contributed by atoms with Crippen LogP contribution in [-0.4, -0.2) is 44.1 Å². The van der Waals surface area contributed by atoms with Gasteiger partial charge in [-0.2, -0.15) is 0 Å². The molecule has 1 aromatic rings. The maximum Gasteiger partial charge on any atom is 0.206 e. The molecule has 3 N–H and O–H groups in total. The number of rotatable bonds is 7. The Labute approximate surface area is 229 Å². The lowest BCUT2D eigenvalue weighted by Gasteiger charge is -2.56. The van der Waals surface area contributed by atoms with Crippen LogP contribution in [0.4, 0.5) is 0 Å². The molecule has 0 amide bonds.